The molecule has 0 aliphatic heterocycles. The summed E-state index contributed by atoms with van der Waals surface area (Å²) < 4.78 is 47.2. The van der Waals surface area contributed by atoms with E-state index < -0.39 is 23.0 Å². The maximum absolute atomic E-state index is 11.7. The van der Waals surface area contributed by atoms with Gasteiger partial charge in [-0.2, -0.15) is 0 Å². The third-order valence-corrected chi connectivity index (χ3v) is 2.98. The SMILES string of the molecule is CNCCCCS(=O)(=O)NCC(F)F. The number of sulfonamides is 1. The predicted molar refractivity (Wildman–Crippen MR) is 51.0 cm³/mol. The van der Waals surface area contributed by atoms with Crippen molar-refractivity contribution in [3.05, 3.63) is 0 Å². The molecule has 0 atom stereocenters. The van der Waals surface area contributed by atoms with E-state index in [2.05, 4.69) is 5.32 Å². The Balaban J connectivity index is 3.62. The van der Waals surface area contributed by atoms with E-state index in [1.807, 2.05) is 4.72 Å². The molecular formula is C7H16F2N2O2S. The molecule has 0 rings (SSSR count). The summed E-state index contributed by atoms with van der Waals surface area (Å²) in [6.45, 7) is -0.0707. The second-order valence-electron chi connectivity index (χ2n) is 2.87. The van der Waals surface area contributed by atoms with Crippen molar-refractivity contribution in [2.24, 2.45) is 0 Å². The van der Waals surface area contributed by atoms with Crippen LogP contribution in [0, 0.1) is 0 Å². The van der Waals surface area contributed by atoms with Crippen LogP contribution in [0.1, 0.15) is 12.8 Å². The summed E-state index contributed by atoms with van der Waals surface area (Å²) in [5, 5.41) is 2.87. The van der Waals surface area contributed by atoms with Gasteiger partial charge in [0.25, 0.3) is 6.43 Å². The highest BCUT2D eigenvalue weighted by Gasteiger charge is 2.12. The minimum atomic E-state index is -3.51. The Morgan fingerprint density at radius 2 is 1.93 bits per heavy atom. The number of hydrogen-bond donors (Lipinski definition) is 2. The molecule has 0 aliphatic carbocycles. The predicted octanol–water partition coefficient (Wildman–Crippen LogP) is 0.171. The molecule has 0 aromatic heterocycles. The molecule has 0 aromatic rings. The zero-order valence-corrected chi connectivity index (χ0v) is 8.91. The van der Waals surface area contributed by atoms with Crippen LogP contribution in [0.5, 0.6) is 0 Å². The van der Waals surface area contributed by atoms with Gasteiger partial charge in [0.05, 0.1) is 12.3 Å². The maximum atomic E-state index is 11.7. The molecule has 0 saturated carbocycles. The number of unbranched alkanes of at least 4 members (excludes halogenated alkanes) is 1. The Labute approximate surface area is 83.1 Å². The number of hydrogen-bond acceptors (Lipinski definition) is 3. The van der Waals surface area contributed by atoms with E-state index in [0.29, 0.717) is 12.8 Å². The summed E-state index contributed by atoms with van der Waals surface area (Å²) in [7, 11) is -1.75. The molecule has 2 N–H and O–H groups in total. The van der Waals surface area contributed by atoms with Crippen LogP contribution in [-0.4, -0.2) is 40.7 Å². The van der Waals surface area contributed by atoms with Crippen LogP contribution < -0.4 is 10.0 Å². The van der Waals surface area contributed by atoms with Gasteiger partial charge in [0, 0.05) is 0 Å². The summed E-state index contributed by atoms with van der Waals surface area (Å²) in [6.07, 6.45) is -1.45. The molecular weight excluding hydrogens is 214 g/mol. The van der Waals surface area contributed by atoms with Gasteiger partial charge in [-0.1, -0.05) is 0 Å². The van der Waals surface area contributed by atoms with Crippen molar-refractivity contribution in [3.8, 4) is 0 Å². The van der Waals surface area contributed by atoms with Crippen molar-refractivity contribution in [2.75, 3.05) is 25.9 Å². The molecule has 4 nitrogen and oxygen atoms in total. The van der Waals surface area contributed by atoms with E-state index in [1.165, 1.54) is 0 Å². The molecule has 0 amide bonds. The summed E-state index contributed by atoms with van der Waals surface area (Å²) in [4.78, 5) is 0. The normalized spacial score (nSPS) is 12.3. The Hall–Kier alpha value is -0.270. The molecule has 0 unspecified atom stereocenters. The average molecular weight is 230 g/mol. The first kappa shape index (κ1) is 13.7. The lowest BCUT2D eigenvalue weighted by Crippen LogP contribution is -2.30. The third kappa shape index (κ3) is 8.33. The van der Waals surface area contributed by atoms with Crippen molar-refractivity contribution in [3.63, 3.8) is 0 Å². The lowest BCUT2D eigenvalue weighted by Gasteiger charge is -2.05. The highest BCUT2D eigenvalue weighted by molar-refractivity contribution is 7.89. The number of nitrogens with one attached hydrogen (secondary N) is 2. The Kier molecular flexibility index (Phi) is 6.94. The van der Waals surface area contributed by atoms with Gasteiger partial charge in [0.1, 0.15) is 0 Å². The van der Waals surface area contributed by atoms with Gasteiger partial charge in [-0.15, -0.1) is 0 Å². The first-order valence-corrected chi connectivity index (χ1v) is 6.03. The molecule has 7 heteroatoms. The molecule has 0 bridgehead atoms. The molecule has 0 saturated heterocycles. The van der Waals surface area contributed by atoms with Crippen LogP contribution in [0.25, 0.3) is 0 Å². The fraction of sp³-hybridized carbons (Fsp3) is 1.00. The number of halogens is 2. The summed E-state index contributed by atoms with van der Waals surface area (Å²) in [5.74, 6) is -0.0958. The monoisotopic (exact) mass is 230 g/mol. The van der Waals surface area contributed by atoms with E-state index in [4.69, 9.17) is 0 Å². The molecule has 0 heterocycles. The van der Waals surface area contributed by atoms with Gasteiger partial charge in [-0.3, -0.25) is 0 Å². The largest absolute Gasteiger partial charge is 0.320 e. The average Bonchev–Trinajstić information content (AvgIpc) is 2.10. The van der Waals surface area contributed by atoms with E-state index in [0.717, 1.165) is 6.54 Å². The van der Waals surface area contributed by atoms with Crippen molar-refractivity contribution in [1.82, 2.24) is 10.0 Å². The maximum Gasteiger partial charge on any atom is 0.251 e. The van der Waals surface area contributed by atoms with Gasteiger partial charge in [0.2, 0.25) is 10.0 Å². The van der Waals surface area contributed by atoms with Crippen LogP contribution in [0.15, 0.2) is 0 Å². The Morgan fingerprint density at radius 3 is 2.43 bits per heavy atom. The van der Waals surface area contributed by atoms with E-state index in [1.54, 1.807) is 7.05 Å². The molecule has 0 spiro atoms. The van der Waals surface area contributed by atoms with Crippen molar-refractivity contribution >= 4 is 10.0 Å². The van der Waals surface area contributed by atoms with E-state index in [9.17, 15) is 17.2 Å². The summed E-state index contributed by atoms with van der Waals surface area (Å²) in [5.41, 5.74) is 0. The quantitative estimate of drug-likeness (QED) is 0.584. The van der Waals surface area contributed by atoms with Crippen molar-refractivity contribution < 1.29 is 17.2 Å². The minimum absolute atomic E-state index is 0.0958. The van der Waals surface area contributed by atoms with Gasteiger partial charge in [-0.25, -0.2) is 21.9 Å². The highest BCUT2D eigenvalue weighted by atomic mass is 32.2. The lowest BCUT2D eigenvalue weighted by molar-refractivity contribution is 0.153. The van der Waals surface area contributed by atoms with Crippen molar-refractivity contribution in [2.45, 2.75) is 19.3 Å². The Bertz CT molecular complexity index is 232. The third-order valence-electron chi connectivity index (χ3n) is 1.55. The number of alkyl halides is 2. The zero-order chi connectivity index (χ0) is 11.0. The molecule has 0 radical (unpaired) electrons. The fourth-order valence-electron chi connectivity index (χ4n) is 0.856. The van der Waals surface area contributed by atoms with Crippen LogP contribution in [0.3, 0.4) is 0 Å². The van der Waals surface area contributed by atoms with Crippen LogP contribution in [0.4, 0.5) is 8.78 Å². The second kappa shape index (κ2) is 7.08. The standard InChI is InChI=1S/C7H16F2N2O2S/c1-10-4-2-3-5-14(12,13)11-6-7(8)9/h7,10-11H,2-6H2,1H3. The van der Waals surface area contributed by atoms with E-state index >= 15 is 0 Å². The van der Waals surface area contributed by atoms with Gasteiger partial charge in [-0.05, 0) is 26.4 Å². The molecule has 0 aliphatic rings. The fourth-order valence-corrected chi connectivity index (χ4v) is 1.96. The van der Waals surface area contributed by atoms with Gasteiger partial charge < -0.3 is 5.32 Å². The summed E-state index contributed by atoms with van der Waals surface area (Å²) >= 11 is 0. The second-order valence-corrected chi connectivity index (χ2v) is 4.80. The van der Waals surface area contributed by atoms with Gasteiger partial charge >= 0.3 is 0 Å². The first-order valence-electron chi connectivity index (χ1n) is 4.38. The highest BCUT2D eigenvalue weighted by Crippen LogP contribution is 1.95. The van der Waals surface area contributed by atoms with Crippen molar-refractivity contribution in [1.29, 1.82) is 0 Å². The van der Waals surface area contributed by atoms with Crippen LogP contribution >= 0.6 is 0 Å². The minimum Gasteiger partial charge on any atom is -0.320 e. The molecule has 0 fully saturated rings. The van der Waals surface area contributed by atoms with Crippen LogP contribution in [-0.2, 0) is 10.0 Å². The summed E-state index contributed by atoms with van der Waals surface area (Å²) in [6, 6.07) is 0. The Morgan fingerprint density at radius 1 is 1.29 bits per heavy atom. The molecule has 0 aromatic carbocycles. The van der Waals surface area contributed by atoms with Gasteiger partial charge in [0.15, 0.2) is 0 Å². The molecule has 86 valence electrons. The van der Waals surface area contributed by atoms with E-state index in [-0.39, 0.29) is 5.75 Å². The smallest absolute Gasteiger partial charge is 0.251 e. The zero-order valence-electron chi connectivity index (χ0n) is 8.09. The van der Waals surface area contributed by atoms with Crippen LogP contribution in [0.2, 0.25) is 0 Å². The molecule has 14 heavy (non-hydrogen) atoms. The topological polar surface area (TPSA) is 58.2 Å². The number of rotatable bonds is 8. The first-order chi connectivity index (χ1) is 6.48. The lowest BCUT2D eigenvalue weighted by atomic mass is 10.3.